The number of amides is 2. The molecule has 0 unspecified atom stereocenters. The van der Waals surface area contributed by atoms with Crippen molar-refractivity contribution in [2.24, 2.45) is 0 Å². The minimum Gasteiger partial charge on any atom is -0.491 e. The third kappa shape index (κ3) is 7.65. The van der Waals surface area contributed by atoms with Gasteiger partial charge in [0.1, 0.15) is 17.0 Å². The van der Waals surface area contributed by atoms with Crippen LogP contribution in [-0.4, -0.2) is 53.1 Å². The smallest absolute Gasteiger partial charge is 0.414 e. The number of pyridine rings is 2. The van der Waals surface area contributed by atoms with Crippen LogP contribution in [0.5, 0.6) is 5.75 Å². The van der Waals surface area contributed by atoms with Crippen LogP contribution in [0.3, 0.4) is 0 Å². The van der Waals surface area contributed by atoms with E-state index in [0.717, 1.165) is 5.57 Å². The fraction of sp³-hybridized carbons (Fsp3) is 0.533. The van der Waals surface area contributed by atoms with Gasteiger partial charge in [-0.2, -0.15) is 0 Å². The topological polar surface area (TPSA) is 115 Å². The maximum absolute atomic E-state index is 16.1. The summed E-state index contributed by atoms with van der Waals surface area (Å²) in [5, 5.41) is 5.93. The zero-order valence-corrected chi connectivity index (χ0v) is 25.1. The average molecular weight is 570 g/mol. The van der Waals surface area contributed by atoms with Crippen LogP contribution in [0.25, 0.3) is 5.57 Å². The van der Waals surface area contributed by atoms with Crippen molar-refractivity contribution in [2.45, 2.75) is 91.4 Å². The van der Waals surface area contributed by atoms with Crippen LogP contribution in [0.15, 0.2) is 18.2 Å². The Kier molecular flexibility index (Phi) is 8.46. The standard InChI is InChI=1S/C30H40FN5O5/c1-17-15-20(36(8)28(38)41-30(5,6)7)16-22(32-17)35-26-24(31)23(25-21(34-26)13-14-39-25)18-9-11-19(12-10-18)33-27(37)40-29(2,3)4/h9,15-16,19H,10-14H2,1-8H3,(H,33,37)(H,32,34,35)/t19-/m1/s1. The molecule has 2 amide bonds. The number of nitrogens with zero attached hydrogens (tertiary/aromatic N) is 3. The molecule has 0 aromatic carbocycles. The van der Waals surface area contributed by atoms with Gasteiger partial charge in [-0.15, -0.1) is 0 Å². The molecule has 222 valence electrons. The van der Waals surface area contributed by atoms with E-state index in [1.807, 2.05) is 26.8 Å². The molecule has 0 saturated heterocycles. The largest absolute Gasteiger partial charge is 0.491 e. The lowest BCUT2D eigenvalue weighted by atomic mass is 9.90. The second kappa shape index (κ2) is 11.5. The summed E-state index contributed by atoms with van der Waals surface area (Å²) in [6.07, 6.45) is 3.23. The van der Waals surface area contributed by atoms with Gasteiger partial charge in [0.25, 0.3) is 0 Å². The molecule has 0 fully saturated rings. The Morgan fingerprint density at radius 1 is 1.07 bits per heavy atom. The monoisotopic (exact) mass is 569 g/mol. The number of allylic oxidation sites excluding steroid dienone is 1. The normalized spacial score (nSPS) is 16.7. The number of ether oxygens (including phenoxy) is 3. The van der Waals surface area contributed by atoms with Crippen LogP contribution in [0, 0.1) is 12.7 Å². The molecular weight excluding hydrogens is 529 g/mol. The highest BCUT2D eigenvalue weighted by molar-refractivity contribution is 5.88. The summed E-state index contributed by atoms with van der Waals surface area (Å²) in [5.74, 6) is 0.287. The molecule has 0 radical (unpaired) electrons. The van der Waals surface area contributed by atoms with E-state index in [1.165, 1.54) is 4.90 Å². The first-order valence-corrected chi connectivity index (χ1v) is 13.9. The fourth-order valence-corrected chi connectivity index (χ4v) is 4.67. The molecule has 1 aliphatic heterocycles. The van der Waals surface area contributed by atoms with Crippen molar-refractivity contribution in [3.05, 3.63) is 41.0 Å². The Morgan fingerprint density at radius 3 is 2.41 bits per heavy atom. The van der Waals surface area contributed by atoms with Gasteiger partial charge in [-0.1, -0.05) is 6.08 Å². The number of nitrogens with one attached hydrogen (secondary N) is 2. The molecule has 1 aliphatic carbocycles. The average Bonchev–Trinajstić information content (AvgIpc) is 3.30. The summed E-state index contributed by atoms with van der Waals surface area (Å²) in [6, 6.07) is 3.28. The minimum atomic E-state index is -0.649. The van der Waals surface area contributed by atoms with Crippen molar-refractivity contribution >= 4 is 35.1 Å². The SMILES string of the molecule is Cc1cc(N(C)C(=O)OC(C)(C)C)cc(Nc2nc3c(c(C4=CC[C@@H](NC(=O)OC(C)(C)C)CC4)c2F)OCC3)n1. The Morgan fingerprint density at radius 2 is 1.78 bits per heavy atom. The third-order valence-electron chi connectivity index (χ3n) is 6.44. The molecule has 0 bridgehead atoms. The van der Waals surface area contributed by atoms with Gasteiger partial charge in [-0.3, -0.25) is 4.90 Å². The maximum Gasteiger partial charge on any atom is 0.414 e. The molecule has 3 heterocycles. The lowest BCUT2D eigenvalue weighted by Crippen LogP contribution is -2.39. The zero-order chi connectivity index (χ0) is 30.1. The maximum atomic E-state index is 16.1. The molecule has 10 nitrogen and oxygen atoms in total. The number of hydrogen-bond acceptors (Lipinski definition) is 8. The number of aryl methyl sites for hydroxylation is 1. The van der Waals surface area contributed by atoms with E-state index in [0.29, 0.717) is 66.5 Å². The van der Waals surface area contributed by atoms with Crippen molar-refractivity contribution in [1.29, 1.82) is 0 Å². The van der Waals surface area contributed by atoms with Crippen molar-refractivity contribution in [3.63, 3.8) is 0 Å². The number of rotatable bonds is 5. The molecule has 11 heteroatoms. The van der Waals surface area contributed by atoms with Gasteiger partial charge in [0, 0.05) is 31.3 Å². The number of aromatic nitrogens is 2. The van der Waals surface area contributed by atoms with Crippen molar-refractivity contribution in [1.82, 2.24) is 15.3 Å². The second-order valence-electron chi connectivity index (χ2n) is 12.4. The molecule has 2 N–H and O–H groups in total. The Bertz CT molecular complexity index is 1360. The van der Waals surface area contributed by atoms with Gasteiger partial charge in [0.05, 0.1) is 23.6 Å². The first-order valence-electron chi connectivity index (χ1n) is 13.9. The predicted octanol–water partition coefficient (Wildman–Crippen LogP) is 6.43. The number of carbonyl (C=O) groups excluding carboxylic acids is 2. The molecular formula is C30H40FN5O5. The lowest BCUT2D eigenvalue weighted by molar-refractivity contribution is 0.0500. The molecule has 2 aromatic heterocycles. The highest BCUT2D eigenvalue weighted by Crippen LogP contribution is 2.41. The van der Waals surface area contributed by atoms with Gasteiger partial charge in [-0.25, -0.2) is 23.9 Å². The van der Waals surface area contributed by atoms with Crippen LogP contribution in [-0.2, 0) is 15.9 Å². The summed E-state index contributed by atoms with van der Waals surface area (Å²) < 4.78 is 32.8. The Hall–Kier alpha value is -3.89. The number of alkyl carbamates (subject to hydrolysis) is 1. The van der Waals surface area contributed by atoms with Crippen LogP contribution in [0.1, 0.15) is 77.8 Å². The van der Waals surface area contributed by atoms with E-state index >= 15 is 4.39 Å². The van der Waals surface area contributed by atoms with Crippen molar-refractivity contribution in [3.8, 4) is 5.75 Å². The molecule has 2 aliphatic rings. The number of hydrogen-bond donors (Lipinski definition) is 2. The van der Waals surface area contributed by atoms with E-state index in [2.05, 4.69) is 20.6 Å². The van der Waals surface area contributed by atoms with E-state index in [1.54, 1.807) is 46.9 Å². The summed E-state index contributed by atoms with van der Waals surface area (Å²) in [5.41, 5.74) is 1.78. The molecule has 1 atom stereocenters. The summed E-state index contributed by atoms with van der Waals surface area (Å²) in [6.45, 7) is 13.0. The number of anilines is 3. The van der Waals surface area contributed by atoms with Crippen molar-refractivity contribution in [2.75, 3.05) is 23.9 Å². The van der Waals surface area contributed by atoms with Gasteiger partial charge < -0.3 is 24.8 Å². The number of fused-ring (bicyclic) bond motifs is 1. The van der Waals surface area contributed by atoms with Crippen LogP contribution in [0.2, 0.25) is 0 Å². The van der Waals surface area contributed by atoms with Crippen LogP contribution >= 0.6 is 0 Å². The second-order valence-corrected chi connectivity index (χ2v) is 12.4. The van der Waals surface area contributed by atoms with Gasteiger partial charge >= 0.3 is 12.2 Å². The van der Waals surface area contributed by atoms with E-state index in [-0.39, 0.29) is 11.9 Å². The highest BCUT2D eigenvalue weighted by atomic mass is 19.1. The molecule has 4 rings (SSSR count). The molecule has 2 aromatic rings. The summed E-state index contributed by atoms with van der Waals surface area (Å²) in [7, 11) is 1.61. The quantitative estimate of drug-likeness (QED) is 0.423. The first kappa shape index (κ1) is 30.1. The molecule has 0 spiro atoms. The van der Waals surface area contributed by atoms with Gasteiger partial charge in [0.2, 0.25) is 0 Å². The van der Waals surface area contributed by atoms with E-state index in [9.17, 15) is 9.59 Å². The number of halogens is 1. The molecule has 41 heavy (non-hydrogen) atoms. The van der Waals surface area contributed by atoms with Crippen LogP contribution < -0.4 is 20.3 Å². The summed E-state index contributed by atoms with van der Waals surface area (Å²) in [4.78, 5) is 35.2. The van der Waals surface area contributed by atoms with Gasteiger partial charge in [0.15, 0.2) is 17.4 Å². The Labute approximate surface area is 240 Å². The predicted molar refractivity (Wildman–Crippen MR) is 155 cm³/mol. The zero-order valence-electron chi connectivity index (χ0n) is 25.1. The third-order valence-corrected chi connectivity index (χ3v) is 6.44. The fourth-order valence-electron chi connectivity index (χ4n) is 4.67. The Balaban J connectivity index is 1.58. The summed E-state index contributed by atoms with van der Waals surface area (Å²) >= 11 is 0. The highest BCUT2D eigenvalue weighted by Gasteiger charge is 2.30. The van der Waals surface area contributed by atoms with E-state index in [4.69, 9.17) is 14.2 Å². The lowest BCUT2D eigenvalue weighted by Gasteiger charge is -2.26. The molecule has 0 saturated carbocycles. The van der Waals surface area contributed by atoms with Gasteiger partial charge in [-0.05, 0) is 79.4 Å². The minimum absolute atomic E-state index is 0.0307. The number of carbonyl (C=O) groups is 2. The van der Waals surface area contributed by atoms with E-state index < -0.39 is 29.2 Å². The van der Waals surface area contributed by atoms with Crippen LogP contribution in [0.4, 0.5) is 31.3 Å². The first-order chi connectivity index (χ1) is 19.1. The van der Waals surface area contributed by atoms with Crippen molar-refractivity contribution < 1.29 is 28.2 Å².